The number of benzene rings is 3. The number of carbonyl (C=O) groups is 4. The molecule has 5 amide bonds. The number of rotatable bonds is 8. The highest BCUT2D eigenvalue weighted by Crippen LogP contribution is 2.31. The van der Waals surface area contributed by atoms with E-state index in [0.717, 1.165) is 28.9 Å². The lowest BCUT2D eigenvalue weighted by Gasteiger charge is -2.39. The number of para-hydroxylation sites is 1. The molecule has 0 unspecified atom stereocenters. The number of hydrogen-bond donors (Lipinski definition) is 3. The lowest BCUT2D eigenvalue weighted by atomic mass is 10.0. The minimum Gasteiger partial charge on any atom is -0.462 e. The van der Waals surface area contributed by atoms with Gasteiger partial charge in [-0.1, -0.05) is 24.3 Å². The van der Waals surface area contributed by atoms with Crippen LogP contribution >= 0.6 is 31.9 Å². The van der Waals surface area contributed by atoms with Crippen LogP contribution in [0.1, 0.15) is 41.3 Å². The fourth-order valence-electron chi connectivity index (χ4n) is 7.00. The first-order chi connectivity index (χ1) is 24.6. The number of carbonyl (C=O) groups excluding carboxylic acids is 4. The van der Waals surface area contributed by atoms with Crippen LogP contribution in [0.4, 0.5) is 26.7 Å². The first kappa shape index (κ1) is 36.5. The Balaban J connectivity index is 1.10. The highest BCUT2D eigenvalue weighted by atomic mass is 79.9. The van der Waals surface area contributed by atoms with Crippen molar-refractivity contribution in [1.29, 1.82) is 0 Å². The summed E-state index contributed by atoms with van der Waals surface area (Å²) in [6.45, 7) is 5.69. The van der Waals surface area contributed by atoms with Gasteiger partial charge in [0, 0.05) is 78.6 Å². The van der Waals surface area contributed by atoms with Gasteiger partial charge in [-0.05, 0) is 106 Å². The van der Waals surface area contributed by atoms with Crippen LogP contribution in [-0.4, -0.2) is 103 Å². The van der Waals surface area contributed by atoms with Gasteiger partial charge in [0.2, 0.25) is 5.91 Å². The van der Waals surface area contributed by atoms with Crippen molar-refractivity contribution in [3.8, 4) is 0 Å². The Morgan fingerprint density at radius 1 is 0.922 bits per heavy atom. The van der Waals surface area contributed by atoms with Gasteiger partial charge < -0.3 is 40.7 Å². The van der Waals surface area contributed by atoms with E-state index in [-0.39, 0.29) is 36.4 Å². The van der Waals surface area contributed by atoms with E-state index >= 15 is 0 Å². The third-order valence-electron chi connectivity index (χ3n) is 9.82. The van der Waals surface area contributed by atoms with Crippen molar-refractivity contribution in [2.75, 3.05) is 68.4 Å². The molecule has 4 N–H and O–H groups in total. The van der Waals surface area contributed by atoms with Gasteiger partial charge in [-0.3, -0.25) is 4.79 Å². The van der Waals surface area contributed by atoms with Gasteiger partial charge in [-0.25, -0.2) is 14.4 Å². The van der Waals surface area contributed by atoms with Crippen molar-refractivity contribution in [3.63, 3.8) is 0 Å². The second-order valence-electron chi connectivity index (χ2n) is 13.0. The molecule has 270 valence electrons. The van der Waals surface area contributed by atoms with Gasteiger partial charge >= 0.3 is 18.0 Å². The number of halogens is 2. The number of urea groups is 2. The first-order valence-electron chi connectivity index (χ1n) is 17.4. The monoisotopic (exact) mass is 823 g/mol. The zero-order valence-electron chi connectivity index (χ0n) is 28.6. The number of hydrogen-bond acceptors (Lipinski definition) is 7. The molecule has 0 spiro atoms. The standard InChI is InChI=1S/C37H43Br2N7O5/c1-2-51-35(48)26-7-5-8-28(23-26)43-16-18-44(19-17-43)34(47)32(22-24-20-29(38)33(40)30(39)21-24)42-36(49)45-13-11-27(12-14-45)46-15-10-25-6-3-4-9-31(25)41-37(46)50/h3-9,20-21,23,27,32H,2,10-19,22,40H2,1H3,(H,41,50)(H,42,49)/t32-/m0/s1. The molecule has 0 radical (unpaired) electrons. The number of nitrogen functional groups attached to an aromatic ring is 1. The highest BCUT2D eigenvalue weighted by molar-refractivity contribution is 9.11. The number of nitrogens with zero attached hydrogens (tertiary/aromatic N) is 4. The van der Waals surface area contributed by atoms with Crippen LogP contribution in [0.15, 0.2) is 69.6 Å². The molecule has 6 rings (SSSR count). The van der Waals surface area contributed by atoms with Gasteiger partial charge in [0.25, 0.3) is 0 Å². The summed E-state index contributed by atoms with van der Waals surface area (Å²) in [6, 6.07) is 17.7. The smallest absolute Gasteiger partial charge is 0.338 e. The zero-order valence-corrected chi connectivity index (χ0v) is 31.7. The normalized spacial score (nSPS) is 17.3. The predicted octanol–water partition coefficient (Wildman–Crippen LogP) is 5.49. The molecule has 0 aromatic heterocycles. The molecule has 2 saturated heterocycles. The second kappa shape index (κ2) is 16.4. The minimum atomic E-state index is -0.814. The third-order valence-corrected chi connectivity index (χ3v) is 11.1. The molecular weight excluding hydrogens is 782 g/mol. The molecule has 3 aromatic carbocycles. The lowest BCUT2D eigenvalue weighted by Crippen LogP contribution is -2.58. The van der Waals surface area contributed by atoms with Gasteiger partial charge in [0.1, 0.15) is 6.04 Å². The summed E-state index contributed by atoms with van der Waals surface area (Å²) in [5.74, 6) is -0.529. The Kier molecular flexibility index (Phi) is 11.7. The van der Waals surface area contributed by atoms with Crippen molar-refractivity contribution < 1.29 is 23.9 Å². The van der Waals surface area contributed by atoms with E-state index in [9.17, 15) is 19.2 Å². The Bertz CT molecular complexity index is 1750. The average molecular weight is 826 g/mol. The van der Waals surface area contributed by atoms with E-state index in [0.29, 0.717) is 85.5 Å². The average Bonchev–Trinajstić information content (AvgIpc) is 3.31. The van der Waals surface area contributed by atoms with Gasteiger partial charge in [0.15, 0.2) is 0 Å². The van der Waals surface area contributed by atoms with Crippen molar-refractivity contribution in [3.05, 3.63) is 86.3 Å². The summed E-state index contributed by atoms with van der Waals surface area (Å²) in [5.41, 5.74) is 10.9. The number of piperazine rings is 1. The van der Waals surface area contributed by atoms with Crippen molar-refractivity contribution in [2.24, 2.45) is 0 Å². The summed E-state index contributed by atoms with van der Waals surface area (Å²) < 4.78 is 6.56. The Labute approximate surface area is 314 Å². The maximum absolute atomic E-state index is 14.2. The molecule has 51 heavy (non-hydrogen) atoms. The molecule has 3 aliphatic heterocycles. The topological polar surface area (TPSA) is 141 Å². The quantitative estimate of drug-likeness (QED) is 0.202. The molecule has 0 bridgehead atoms. The molecule has 1 atom stereocenters. The Morgan fingerprint density at radius 3 is 2.33 bits per heavy atom. The van der Waals surface area contributed by atoms with Gasteiger partial charge in [0.05, 0.1) is 17.9 Å². The van der Waals surface area contributed by atoms with E-state index in [1.165, 1.54) is 0 Å². The third kappa shape index (κ3) is 8.61. The van der Waals surface area contributed by atoms with Crippen molar-refractivity contribution in [1.82, 2.24) is 20.0 Å². The first-order valence-corrected chi connectivity index (χ1v) is 18.9. The molecule has 14 heteroatoms. The van der Waals surface area contributed by atoms with Gasteiger partial charge in [-0.15, -0.1) is 0 Å². The molecule has 2 fully saturated rings. The Morgan fingerprint density at radius 2 is 1.63 bits per heavy atom. The van der Waals surface area contributed by atoms with Crippen LogP contribution in [0.5, 0.6) is 0 Å². The molecular formula is C37H43Br2N7O5. The van der Waals surface area contributed by atoms with Crippen LogP contribution in [0.2, 0.25) is 0 Å². The number of likely N-dealkylation sites (tertiary alicyclic amines) is 1. The van der Waals surface area contributed by atoms with Crippen molar-refractivity contribution >= 4 is 72.9 Å². The molecule has 12 nitrogen and oxygen atoms in total. The van der Waals surface area contributed by atoms with Gasteiger partial charge in [-0.2, -0.15) is 0 Å². The maximum Gasteiger partial charge on any atom is 0.338 e. The molecule has 3 aromatic rings. The SMILES string of the molecule is CCOC(=O)c1cccc(N2CCN(C(=O)[C@H](Cc3cc(Br)c(N)c(Br)c3)NC(=O)N3CCC(N4CCc5ccccc5NC4=O)CC3)CC2)c1. The van der Waals surface area contributed by atoms with E-state index in [4.69, 9.17) is 10.5 Å². The van der Waals surface area contributed by atoms with Crippen molar-refractivity contribution in [2.45, 2.75) is 44.7 Å². The number of esters is 1. The number of ether oxygens (including phenoxy) is 1. The summed E-state index contributed by atoms with van der Waals surface area (Å²) in [4.78, 5) is 60.9. The number of amides is 5. The Hall–Kier alpha value is -4.30. The number of anilines is 3. The number of piperidine rings is 1. The predicted molar refractivity (Wildman–Crippen MR) is 204 cm³/mol. The van der Waals surface area contributed by atoms with Crippen LogP contribution in [-0.2, 0) is 22.4 Å². The van der Waals surface area contributed by atoms with E-state index < -0.39 is 6.04 Å². The second-order valence-corrected chi connectivity index (χ2v) is 14.7. The van der Waals surface area contributed by atoms with E-state index in [1.807, 2.05) is 59.5 Å². The molecule has 3 aliphatic rings. The number of nitrogens with one attached hydrogen (secondary N) is 2. The van der Waals surface area contributed by atoms with Crippen LogP contribution in [0, 0.1) is 0 Å². The van der Waals surface area contributed by atoms with Crippen LogP contribution in [0.3, 0.4) is 0 Å². The maximum atomic E-state index is 14.2. The molecule has 0 aliphatic carbocycles. The molecule has 3 heterocycles. The van der Waals surface area contributed by atoms with Crippen LogP contribution in [0.25, 0.3) is 0 Å². The lowest BCUT2D eigenvalue weighted by molar-refractivity contribution is -0.133. The molecule has 0 saturated carbocycles. The summed E-state index contributed by atoms with van der Waals surface area (Å²) >= 11 is 7.02. The summed E-state index contributed by atoms with van der Waals surface area (Å²) in [6.07, 6.45) is 2.33. The highest BCUT2D eigenvalue weighted by Gasteiger charge is 2.34. The fourth-order valence-corrected chi connectivity index (χ4v) is 8.28. The number of nitrogens with two attached hydrogens (primary N) is 1. The minimum absolute atomic E-state index is 0.0135. The summed E-state index contributed by atoms with van der Waals surface area (Å²) in [5, 5.41) is 6.11. The fraction of sp³-hybridized carbons (Fsp3) is 0.405. The number of fused-ring (bicyclic) bond motifs is 1. The van der Waals surface area contributed by atoms with E-state index in [1.54, 1.807) is 22.8 Å². The largest absolute Gasteiger partial charge is 0.462 e. The van der Waals surface area contributed by atoms with Crippen LogP contribution < -0.4 is 21.3 Å². The van der Waals surface area contributed by atoms with E-state index in [2.05, 4.69) is 47.4 Å². The zero-order chi connectivity index (χ0) is 36.1. The summed E-state index contributed by atoms with van der Waals surface area (Å²) in [7, 11) is 0.